The van der Waals surface area contributed by atoms with E-state index in [1.54, 1.807) is 0 Å². The highest BCUT2D eigenvalue weighted by atomic mass is 35.5. The van der Waals surface area contributed by atoms with Crippen LogP contribution in [0.25, 0.3) is 0 Å². The van der Waals surface area contributed by atoms with Gasteiger partial charge in [0.05, 0.1) is 15.1 Å². The van der Waals surface area contributed by atoms with E-state index < -0.39 is 0 Å². The predicted octanol–water partition coefficient (Wildman–Crippen LogP) is 6.70. The molecule has 0 amide bonds. The molecule has 0 aliphatic carbocycles. The van der Waals surface area contributed by atoms with Gasteiger partial charge in [-0.05, 0) is 18.2 Å². The molecule has 2 aromatic carbocycles. The maximum absolute atomic E-state index is 8.98. The third kappa shape index (κ3) is 4.66. The molecular weight excluding hydrogens is 389 g/mol. The van der Waals surface area contributed by atoms with Crippen LogP contribution >= 0.6 is 69.6 Å². The Balaban J connectivity index is 0.000000200. The Labute approximate surface area is 145 Å². The van der Waals surface area contributed by atoms with Crippen molar-refractivity contribution >= 4 is 69.6 Å². The molecule has 0 heterocycles. The number of phenolic OH excluding ortho intramolecular Hbond substituents is 2. The van der Waals surface area contributed by atoms with Gasteiger partial charge >= 0.3 is 0 Å². The van der Waals surface area contributed by atoms with Gasteiger partial charge in [-0.25, -0.2) is 0 Å². The van der Waals surface area contributed by atoms with Crippen LogP contribution in [0, 0.1) is 0 Å². The van der Waals surface area contributed by atoms with E-state index in [4.69, 9.17) is 79.8 Å². The molecule has 0 unspecified atom stereocenters. The molecule has 20 heavy (non-hydrogen) atoms. The summed E-state index contributed by atoms with van der Waals surface area (Å²) >= 11 is 33.2. The number of hydrogen-bond donors (Lipinski definition) is 2. The van der Waals surface area contributed by atoms with Crippen LogP contribution in [0.2, 0.25) is 30.1 Å². The van der Waals surface area contributed by atoms with E-state index in [1.807, 2.05) is 0 Å². The fourth-order valence-electron chi connectivity index (χ4n) is 1.06. The average molecular weight is 395 g/mol. The molecule has 0 radical (unpaired) electrons. The van der Waals surface area contributed by atoms with Crippen molar-refractivity contribution in [3.8, 4) is 11.5 Å². The third-order valence-corrected chi connectivity index (χ3v) is 4.28. The second kappa shape index (κ2) is 7.69. The average Bonchev–Trinajstić information content (AvgIpc) is 2.39. The summed E-state index contributed by atoms with van der Waals surface area (Å²) < 4.78 is 0. The Kier molecular flexibility index (Phi) is 6.86. The molecule has 2 rings (SSSR count). The lowest BCUT2D eigenvalue weighted by Crippen LogP contribution is -1.71. The molecule has 2 N–H and O–H groups in total. The van der Waals surface area contributed by atoms with E-state index in [-0.39, 0.29) is 31.6 Å². The molecule has 0 atom stereocenters. The molecule has 0 aliphatic rings. The minimum atomic E-state index is -0.0980. The molecule has 0 spiro atoms. The zero-order valence-electron chi connectivity index (χ0n) is 9.47. The van der Waals surface area contributed by atoms with E-state index in [2.05, 4.69) is 0 Å². The number of aromatic hydroxyl groups is 2. The quantitative estimate of drug-likeness (QED) is 0.385. The summed E-state index contributed by atoms with van der Waals surface area (Å²) in [5.41, 5.74) is 0. The van der Waals surface area contributed by atoms with Crippen LogP contribution < -0.4 is 0 Å². The van der Waals surface area contributed by atoms with Crippen LogP contribution in [-0.2, 0) is 0 Å². The van der Waals surface area contributed by atoms with Gasteiger partial charge in [-0.2, -0.15) is 0 Å². The Hall–Kier alpha value is -0.220. The van der Waals surface area contributed by atoms with Gasteiger partial charge in [-0.1, -0.05) is 69.6 Å². The maximum Gasteiger partial charge on any atom is 0.137 e. The Morgan fingerprint density at radius 1 is 0.600 bits per heavy atom. The maximum atomic E-state index is 8.98. The van der Waals surface area contributed by atoms with Crippen molar-refractivity contribution in [3.63, 3.8) is 0 Å². The molecule has 0 aromatic heterocycles. The van der Waals surface area contributed by atoms with E-state index in [0.29, 0.717) is 10.0 Å². The summed E-state index contributed by atoms with van der Waals surface area (Å²) in [4.78, 5) is 0. The lowest BCUT2D eigenvalue weighted by molar-refractivity contribution is 0.475. The molecule has 8 heteroatoms. The van der Waals surface area contributed by atoms with E-state index >= 15 is 0 Å². The van der Waals surface area contributed by atoms with Crippen LogP contribution in [0.5, 0.6) is 11.5 Å². The van der Waals surface area contributed by atoms with Gasteiger partial charge < -0.3 is 10.2 Å². The second-order valence-corrected chi connectivity index (χ2v) is 5.80. The first-order chi connectivity index (χ1) is 9.23. The predicted molar refractivity (Wildman–Crippen MR) is 86.3 cm³/mol. The van der Waals surface area contributed by atoms with Crippen molar-refractivity contribution in [3.05, 3.63) is 54.4 Å². The molecule has 2 aromatic rings. The zero-order valence-corrected chi connectivity index (χ0v) is 14.0. The molecular formula is C12H6Cl6O2. The van der Waals surface area contributed by atoms with Gasteiger partial charge in [0.2, 0.25) is 0 Å². The Bertz CT molecular complexity index is 580. The van der Waals surface area contributed by atoms with Crippen LogP contribution in [-0.4, -0.2) is 10.2 Å². The largest absolute Gasteiger partial charge is 0.506 e. The minimum absolute atomic E-state index is 0.0592. The topological polar surface area (TPSA) is 40.5 Å². The zero-order chi connectivity index (χ0) is 15.4. The second-order valence-electron chi connectivity index (χ2n) is 3.42. The van der Waals surface area contributed by atoms with Crippen LogP contribution in [0.15, 0.2) is 24.3 Å². The molecule has 0 saturated heterocycles. The summed E-state index contributed by atoms with van der Waals surface area (Å²) in [7, 11) is 0. The normalized spacial score (nSPS) is 9.90. The summed E-state index contributed by atoms with van der Waals surface area (Å²) in [5, 5.41) is 19.3. The minimum Gasteiger partial charge on any atom is -0.506 e. The summed E-state index contributed by atoms with van der Waals surface area (Å²) in [6.45, 7) is 0. The molecule has 0 saturated carbocycles. The Morgan fingerprint density at radius 3 is 1.70 bits per heavy atom. The number of phenols is 2. The van der Waals surface area contributed by atoms with E-state index in [1.165, 1.54) is 24.3 Å². The van der Waals surface area contributed by atoms with Crippen LogP contribution in [0.3, 0.4) is 0 Å². The molecule has 0 fully saturated rings. The summed E-state index contributed by atoms with van der Waals surface area (Å²) in [6.07, 6.45) is 0. The Morgan fingerprint density at radius 2 is 1.20 bits per heavy atom. The van der Waals surface area contributed by atoms with Crippen molar-refractivity contribution < 1.29 is 10.2 Å². The van der Waals surface area contributed by atoms with Crippen molar-refractivity contribution in [2.24, 2.45) is 0 Å². The first kappa shape index (κ1) is 17.8. The van der Waals surface area contributed by atoms with Crippen molar-refractivity contribution in [1.29, 1.82) is 0 Å². The lowest BCUT2D eigenvalue weighted by atomic mass is 10.3. The van der Waals surface area contributed by atoms with Gasteiger partial charge in [-0.15, -0.1) is 0 Å². The highest BCUT2D eigenvalue weighted by molar-refractivity contribution is 6.48. The summed E-state index contributed by atoms with van der Waals surface area (Å²) in [6, 6.07) is 5.66. The van der Waals surface area contributed by atoms with E-state index in [9.17, 15) is 0 Å². The van der Waals surface area contributed by atoms with Crippen LogP contribution in [0.1, 0.15) is 0 Å². The molecule has 0 bridgehead atoms. The fraction of sp³-hybridized carbons (Fsp3) is 0. The number of hydrogen-bond acceptors (Lipinski definition) is 2. The summed E-state index contributed by atoms with van der Waals surface area (Å²) in [5.74, 6) is -0.157. The lowest BCUT2D eigenvalue weighted by Gasteiger charge is -1.99. The van der Waals surface area contributed by atoms with Gasteiger partial charge in [0.15, 0.2) is 0 Å². The van der Waals surface area contributed by atoms with E-state index in [0.717, 1.165) is 0 Å². The van der Waals surface area contributed by atoms with Gasteiger partial charge in [0.25, 0.3) is 0 Å². The van der Waals surface area contributed by atoms with Crippen molar-refractivity contribution in [2.75, 3.05) is 0 Å². The molecule has 2 nitrogen and oxygen atoms in total. The standard InChI is InChI=1S/2C6H3Cl3O/c7-3-1-4(8)6(9)5(10)2-3;7-3-1-2-4(10)6(9)5(3)8/h2*1-2,10H. The number of rotatable bonds is 0. The molecule has 108 valence electrons. The highest BCUT2D eigenvalue weighted by Gasteiger charge is 2.06. The first-order valence-corrected chi connectivity index (χ1v) is 7.16. The van der Waals surface area contributed by atoms with Gasteiger partial charge in [0.1, 0.15) is 21.5 Å². The fourth-order valence-corrected chi connectivity index (χ4v) is 2.18. The first-order valence-electron chi connectivity index (χ1n) is 4.90. The smallest absolute Gasteiger partial charge is 0.137 e. The SMILES string of the molecule is Oc1cc(Cl)cc(Cl)c1Cl.Oc1ccc(Cl)c(Cl)c1Cl. The van der Waals surface area contributed by atoms with Gasteiger partial charge in [-0.3, -0.25) is 0 Å². The third-order valence-electron chi connectivity index (χ3n) is 1.99. The molecule has 0 aliphatic heterocycles. The number of halogens is 6. The monoisotopic (exact) mass is 392 g/mol. The number of benzene rings is 2. The highest BCUT2D eigenvalue weighted by Crippen LogP contribution is 2.36. The van der Waals surface area contributed by atoms with Crippen molar-refractivity contribution in [2.45, 2.75) is 0 Å². The van der Waals surface area contributed by atoms with Crippen LogP contribution in [0.4, 0.5) is 0 Å². The van der Waals surface area contributed by atoms with Gasteiger partial charge in [0, 0.05) is 11.1 Å². The van der Waals surface area contributed by atoms with Crippen molar-refractivity contribution in [1.82, 2.24) is 0 Å².